The molecule has 0 saturated heterocycles. The second-order valence-corrected chi connectivity index (χ2v) is 22.7. The monoisotopic (exact) mass is 1170 g/mol. The number of nitrogens with two attached hydrogens (primary N) is 1. The first-order chi connectivity index (χ1) is 40.8. The smallest absolute Gasteiger partial charge is 0.462 e. The number of phosphoric ester groups is 1. The van der Waals surface area contributed by atoms with Gasteiger partial charge in [0.1, 0.15) is 6.61 Å². The Morgan fingerprint density at radius 3 is 1.02 bits per heavy atom. The molecule has 0 heterocycles. The number of ether oxygens (including phenoxy) is 2. The third kappa shape index (κ3) is 66.6. The second-order valence-electron chi connectivity index (χ2n) is 21.2. The van der Waals surface area contributed by atoms with Crippen LogP contribution in [0.5, 0.6) is 0 Å². The van der Waals surface area contributed by atoms with Crippen molar-refractivity contribution in [2.24, 2.45) is 5.73 Å². The largest absolute Gasteiger partial charge is 0.472 e. The van der Waals surface area contributed by atoms with Gasteiger partial charge in [-0.15, -0.1) is 0 Å². The molecule has 0 bridgehead atoms. The second kappa shape index (κ2) is 66.8. The first-order valence-corrected chi connectivity index (χ1v) is 34.5. The van der Waals surface area contributed by atoms with Gasteiger partial charge in [0.05, 0.1) is 13.2 Å². The molecule has 83 heavy (non-hydrogen) atoms. The Kier molecular flexibility index (Phi) is 63.3. The third-order valence-corrected chi connectivity index (χ3v) is 14.4. The van der Waals surface area contributed by atoms with E-state index in [1.54, 1.807) is 0 Å². The summed E-state index contributed by atoms with van der Waals surface area (Å²) < 4.78 is 33.0. The van der Waals surface area contributed by atoms with Gasteiger partial charge in [0.2, 0.25) is 0 Å². The molecule has 9 nitrogen and oxygen atoms in total. The van der Waals surface area contributed by atoms with Gasteiger partial charge in [-0.25, -0.2) is 4.57 Å². The van der Waals surface area contributed by atoms with Crippen LogP contribution in [-0.2, 0) is 32.7 Å². The van der Waals surface area contributed by atoms with Gasteiger partial charge >= 0.3 is 19.8 Å². The Morgan fingerprint density at radius 1 is 0.373 bits per heavy atom. The molecule has 0 radical (unpaired) electrons. The van der Waals surface area contributed by atoms with Crippen molar-refractivity contribution in [1.82, 2.24) is 0 Å². The SMILES string of the molecule is CC/C=C\C/C=C\C/C=C\C/C=C\C/C=C\C/C=C\C/C=C\C/C=C\C/C=C\C/C=C\C/C=C\C/C=C\CCCCC(=O)OC(COC(=O)CCCCCCCCCCCCC/C=C\CCCCCCCCCC)COP(=O)(O)OCCN. The van der Waals surface area contributed by atoms with Crippen LogP contribution < -0.4 is 5.73 Å². The van der Waals surface area contributed by atoms with Crippen molar-refractivity contribution in [3.8, 4) is 0 Å². The van der Waals surface area contributed by atoms with E-state index in [0.717, 1.165) is 109 Å². The molecule has 0 aromatic carbocycles. The van der Waals surface area contributed by atoms with E-state index in [2.05, 4.69) is 172 Å². The van der Waals surface area contributed by atoms with Gasteiger partial charge in [-0.05, 0) is 128 Å². The fourth-order valence-corrected chi connectivity index (χ4v) is 9.32. The van der Waals surface area contributed by atoms with Crippen molar-refractivity contribution in [3.63, 3.8) is 0 Å². The molecule has 0 aliphatic rings. The number of phosphoric acid groups is 1. The van der Waals surface area contributed by atoms with Crippen LogP contribution in [0.3, 0.4) is 0 Å². The van der Waals surface area contributed by atoms with Crippen LogP contribution in [0.25, 0.3) is 0 Å². The van der Waals surface area contributed by atoms with Crippen molar-refractivity contribution >= 4 is 19.8 Å². The van der Waals surface area contributed by atoms with E-state index in [4.69, 9.17) is 24.3 Å². The summed E-state index contributed by atoms with van der Waals surface area (Å²) in [5.41, 5.74) is 5.39. The Hall–Kier alpha value is -4.37. The first kappa shape index (κ1) is 78.6. The highest BCUT2D eigenvalue weighted by atomic mass is 31.2. The van der Waals surface area contributed by atoms with E-state index in [-0.39, 0.29) is 32.6 Å². The number of rotatable bonds is 60. The van der Waals surface area contributed by atoms with Crippen LogP contribution in [-0.4, -0.2) is 49.3 Å². The number of hydrogen-bond donors (Lipinski definition) is 2. The summed E-state index contributed by atoms with van der Waals surface area (Å²) in [6.45, 7) is 3.58. The molecule has 0 fully saturated rings. The molecular weight excluding hydrogens is 1050 g/mol. The van der Waals surface area contributed by atoms with Gasteiger partial charge in [0.25, 0.3) is 0 Å². The van der Waals surface area contributed by atoms with Crippen molar-refractivity contribution in [3.05, 3.63) is 158 Å². The van der Waals surface area contributed by atoms with Crippen molar-refractivity contribution in [2.45, 2.75) is 264 Å². The Labute approximate surface area is 509 Å². The summed E-state index contributed by atoms with van der Waals surface area (Å²) in [5.74, 6) is -0.886. The summed E-state index contributed by atoms with van der Waals surface area (Å²) in [5, 5.41) is 0. The molecule has 2 unspecified atom stereocenters. The zero-order chi connectivity index (χ0) is 60.1. The zero-order valence-corrected chi connectivity index (χ0v) is 53.5. The third-order valence-electron chi connectivity index (χ3n) is 13.4. The van der Waals surface area contributed by atoms with Gasteiger partial charge < -0.3 is 20.1 Å². The molecule has 0 amide bonds. The summed E-state index contributed by atoms with van der Waals surface area (Å²) in [6, 6.07) is 0. The predicted molar refractivity (Wildman–Crippen MR) is 357 cm³/mol. The Bertz CT molecular complexity index is 1920. The van der Waals surface area contributed by atoms with Crippen LogP contribution in [0.2, 0.25) is 0 Å². The van der Waals surface area contributed by atoms with E-state index in [0.29, 0.717) is 6.42 Å². The number of esters is 2. The Morgan fingerprint density at radius 2 is 0.663 bits per heavy atom. The average molecular weight is 1170 g/mol. The van der Waals surface area contributed by atoms with Gasteiger partial charge in [0.15, 0.2) is 6.10 Å². The van der Waals surface area contributed by atoms with Gasteiger partial charge in [-0.3, -0.25) is 18.6 Å². The Balaban J connectivity index is 4.08. The minimum absolute atomic E-state index is 0.0384. The van der Waals surface area contributed by atoms with E-state index < -0.39 is 32.5 Å². The maximum Gasteiger partial charge on any atom is 0.472 e. The standard InChI is InChI=1S/C73H120NO8P/c1-3-5-7-9-11-13-15-17-19-21-23-25-27-28-29-30-31-32-33-34-35-36-37-38-39-40-41-42-44-46-48-50-52-54-56-58-60-62-64-66-73(76)82-71(70-81-83(77,78)80-68-67-74)69-79-72(75)65-63-61-59-57-55-53-51-49-47-45-43-26-24-22-20-18-16-14-12-10-8-6-4-2/h5,7,11,13,17,19,22-25,28-29,31-32,34-35,37-38,40-41,44,46,50,52,56,58,71H,3-4,6,8-10,12,14-16,18,20-21,26-27,30,33,36,39,42-43,45,47-49,51,53-55,57,59-70,74H2,1-2H3,(H,77,78)/b7-5-,13-11-,19-17-,24-22-,25-23-,29-28-,32-31-,35-34-,38-37-,41-40-,46-44-,52-50-,58-56-. The van der Waals surface area contributed by atoms with Crippen LogP contribution in [0, 0.1) is 0 Å². The summed E-state index contributed by atoms with van der Waals surface area (Å²) >= 11 is 0. The minimum Gasteiger partial charge on any atom is -0.462 e. The molecule has 0 aromatic rings. The molecule has 10 heteroatoms. The highest BCUT2D eigenvalue weighted by molar-refractivity contribution is 7.47. The van der Waals surface area contributed by atoms with Crippen LogP contribution in [0.15, 0.2) is 158 Å². The molecule has 0 aliphatic heterocycles. The lowest BCUT2D eigenvalue weighted by atomic mass is 10.0. The molecule has 470 valence electrons. The highest BCUT2D eigenvalue weighted by Gasteiger charge is 2.26. The summed E-state index contributed by atoms with van der Waals surface area (Å²) in [6.07, 6.45) is 97.5. The van der Waals surface area contributed by atoms with Crippen LogP contribution in [0.1, 0.15) is 258 Å². The summed E-state index contributed by atoms with van der Waals surface area (Å²) in [7, 11) is -4.41. The quantitative estimate of drug-likeness (QED) is 0.0264. The molecule has 0 aromatic heterocycles. The lowest BCUT2D eigenvalue weighted by Crippen LogP contribution is -2.29. The molecule has 0 aliphatic carbocycles. The number of hydrogen-bond acceptors (Lipinski definition) is 8. The normalized spacial score (nSPS) is 14.0. The number of unbranched alkanes of at least 4 members (excludes halogenated alkanes) is 21. The minimum atomic E-state index is -4.41. The molecule has 3 N–H and O–H groups in total. The lowest BCUT2D eigenvalue weighted by molar-refractivity contribution is -0.161. The molecular formula is C73H120NO8P. The van der Waals surface area contributed by atoms with Gasteiger partial charge in [-0.1, -0.05) is 275 Å². The maximum atomic E-state index is 12.7. The number of carbonyl (C=O) groups is 2. The average Bonchev–Trinajstić information content (AvgIpc) is 3.48. The zero-order valence-electron chi connectivity index (χ0n) is 52.6. The molecule has 0 spiro atoms. The van der Waals surface area contributed by atoms with E-state index in [9.17, 15) is 19.0 Å². The molecule has 0 saturated carbocycles. The van der Waals surface area contributed by atoms with E-state index in [1.807, 2.05) is 0 Å². The van der Waals surface area contributed by atoms with E-state index in [1.165, 1.54) is 116 Å². The van der Waals surface area contributed by atoms with E-state index >= 15 is 0 Å². The maximum absolute atomic E-state index is 12.7. The number of carbonyl (C=O) groups excluding carboxylic acids is 2. The van der Waals surface area contributed by atoms with Crippen molar-refractivity contribution < 1.29 is 37.6 Å². The number of allylic oxidation sites excluding steroid dienone is 26. The van der Waals surface area contributed by atoms with Crippen LogP contribution >= 0.6 is 7.82 Å². The summed E-state index contributed by atoms with van der Waals surface area (Å²) in [4.78, 5) is 35.3. The van der Waals surface area contributed by atoms with Crippen LogP contribution in [0.4, 0.5) is 0 Å². The van der Waals surface area contributed by atoms with Crippen molar-refractivity contribution in [1.29, 1.82) is 0 Å². The fourth-order valence-electron chi connectivity index (χ4n) is 8.55. The van der Waals surface area contributed by atoms with Crippen molar-refractivity contribution in [2.75, 3.05) is 26.4 Å². The predicted octanol–water partition coefficient (Wildman–Crippen LogP) is 21.6. The molecule has 2 atom stereocenters. The van der Waals surface area contributed by atoms with Gasteiger partial charge in [0, 0.05) is 19.4 Å². The molecule has 0 rings (SSSR count). The lowest BCUT2D eigenvalue weighted by Gasteiger charge is -2.19. The topological polar surface area (TPSA) is 134 Å². The van der Waals surface area contributed by atoms with Gasteiger partial charge in [-0.2, -0.15) is 0 Å². The highest BCUT2D eigenvalue weighted by Crippen LogP contribution is 2.43. The first-order valence-electron chi connectivity index (χ1n) is 33.0. The fraction of sp³-hybridized carbons (Fsp3) is 0.616.